The van der Waals surface area contributed by atoms with Crippen LogP contribution in [-0.4, -0.2) is 30.5 Å². The van der Waals surface area contributed by atoms with Gasteiger partial charge in [-0.3, -0.25) is 4.79 Å². The monoisotopic (exact) mass is 292 g/mol. The summed E-state index contributed by atoms with van der Waals surface area (Å²) < 4.78 is 0. The summed E-state index contributed by atoms with van der Waals surface area (Å²) in [5.74, 6) is 2.42. The molecule has 1 aromatic rings. The lowest BCUT2D eigenvalue weighted by Gasteiger charge is -2.18. The molecular weight excluding hydrogens is 268 g/mol. The number of carbonyl (C=O) groups excluding carboxylic acids is 1. The molecule has 0 aromatic heterocycles. The summed E-state index contributed by atoms with van der Waals surface area (Å²) in [4.78, 5) is 11.6. The molecule has 1 aliphatic rings. The average molecular weight is 292 g/mol. The average Bonchev–Trinajstić information content (AvgIpc) is 2.68. The molecule has 4 heteroatoms. The van der Waals surface area contributed by atoms with Crippen LogP contribution in [0.1, 0.15) is 36.9 Å². The summed E-state index contributed by atoms with van der Waals surface area (Å²) in [6, 6.07) is 9.04. The molecule has 0 bridgehead atoms. The number of hydrogen-bond acceptors (Lipinski definition) is 3. The highest BCUT2D eigenvalue weighted by molar-refractivity contribution is 7.99. The van der Waals surface area contributed by atoms with E-state index in [2.05, 4.69) is 41.8 Å². The minimum atomic E-state index is 0.147. The maximum Gasteiger partial charge on any atom is 0.221 e. The lowest BCUT2D eigenvalue weighted by molar-refractivity contribution is -0.121. The van der Waals surface area contributed by atoms with Gasteiger partial charge >= 0.3 is 0 Å². The summed E-state index contributed by atoms with van der Waals surface area (Å²) in [6.45, 7) is 3.59. The quantitative estimate of drug-likeness (QED) is 0.846. The third kappa shape index (κ3) is 4.53. The molecule has 0 saturated carbocycles. The van der Waals surface area contributed by atoms with Crippen LogP contribution in [0.4, 0.5) is 0 Å². The first-order chi connectivity index (χ1) is 9.81. The van der Waals surface area contributed by atoms with E-state index in [1.165, 1.54) is 16.9 Å². The fourth-order valence-corrected chi connectivity index (χ4v) is 3.52. The molecular formula is C16H24N2OS. The highest BCUT2D eigenvalue weighted by Gasteiger charge is 2.18. The number of rotatable bonds is 6. The summed E-state index contributed by atoms with van der Waals surface area (Å²) in [5.41, 5.74) is 2.86. The van der Waals surface area contributed by atoms with Gasteiger partial charge < -0.3 is 10.6 Å². The number of benzene rings is 1. The minimum Gasteiger partial charge on any atom is -0.356 e. The van der Waals surface area contributed by atoms with Crippen molar-refractivity contribution in [2.45, 2.75) is 32.2 Å². The van der Waals surface area contributed by atoms with Crippen LogP contribution in [0.25, 0.3) is 0 Å². The molecule has 20 heavy (non-hydrogen) atoms. The van der Waals surface area contributed by atoms with E-state index in [-0.39, 0.29) is 5.91 Å². The number of carbonyl (C=O) groups is 1. The van der Waals surface area contributed by atoms with Gasteiger partial charge in [-0.05, 0) is 29.7 Å². The van der Waals surface area contributed by atoms with Crippen LogP contribution < -0.4 is 10.6 Å². The van der Waals surface area contributed by atoms with Crippen LogP contribution in [0.15, 0.2) is 24.3 Å². The molecule has 0 fully saturated rings. The van der Waals surface area contributed by atoms with Crippen LogP contribution in [0.3, 0.4) is 0 Å². The molecule has 2 rings (SSSR count). The van der Waals surface area contributed by atoms with Gasteiger partial charge in [-0.15, -0.1) is 0 Å². The molecule has 0 radical (unpaired) electrons. The molecule has 1 amide bonds. The minimum absolute atomic E-state index is 0.147. The van der Waals surface area contributed by atoms with E-state index in [9.17, 15) is 4.79 Å². The first-order valence-electron chi connectivity index (χ1n) is 7.47. The predicted octanol–water partition coefficient (Wildman–Crippen LogP) is 2.52. The second-order valence-electron chi connectivity index (χ2n) is 5.13. The van der Waals surface area contributed by atoms with E-state index in [4.69, 9.17) is 0 Å². The zero-order valence-corrected chi connectivity index (χ0v) is 13.0. The van der Waals surface area contributed by atoms with Crippen LogP contribution in [0.2, 0.25) is 0 Å². The standard InChI is InChI=1S/C16H24N2OS/c1-2-9-18-16(19)7-10-17-15-12-20-11-8-13-5-3-4-6-14(13)15/h3-6,15,17H,2,7-12H2,1H3,(H,18,19)/t15-/m0/s1. The van der Waals surface area contributed by atoms with Crippen molar-refractivity contribution in [2.24, 2.45) is 0 Å². The van der Waals surface area contributed by atoms with Crippen molar-refractivity contribution in [2.75, 3.05) is 24.6 Å². The zero-order chi connectivity index (χ0) is 14.2. The molecule has 2 N–H and O–H groups in total. The maximum atomic E-state index is 11.6. The lowest BCUT2D eigenvalue weighted by Crippen LogP contribution is -2.30. The van der Waals surface area contributed by atoms with Gasteiger partial charge in [0.2, 0.25) is 5.91 Å². The molecule has 0 saturated heterocycles. The summed E-state index contributed by atoms with van der Waals surface area (Å²) in [6.07, 6.45) is 2.70. The van der Waals surface area contributed by atoms with Crippen LogP contribution in [-0.2, 0) is 11.2 Å². The number of amides is 1. The Morgan fingerprint density at radius 1 is 1.35 bits per heavy atom. The van der Waals surface area contributed by atoms with Crippen LogP contribution >= 0.6 is 11.8 Å². The van der Waals surface area contributed by atoms with Gasteiger partial charge in [0.1, 0.15) is 0 Å². The molecule has 1 aliphatic heterocycles. The smallest absolute Gasteiger partial charge is 0.221 e. The number of hydrogen-bond donors (Lipinski definition) is 2. The fourth-order valence-electron chi connectivity index (χ4n) is 2.46. The second-order valence-corrected chi connectivity index (χ2v) is 6.28. The third-order valence-corrected chi connectivity index (χ3v) is 4.61. The first kappa shape index (κ1) is 15.4. The van der Waals surface area contributed by atoms with Crippen molar-refractivity contribution in [1.29, 1.82) is 0 Å². The third-order valence-electron chi connectivity index (χ3n) is 3.55. The van der Waals surface area contributed by atoms with E-state index >= 15 is 0 Å². The van der Waals surface area contributed by atoms with Crippen molar-refractivity contribution in [3.05, 3.63) is 35.4 Å². The van der Waals surface area contributed by atoms with Crippen LogP contribution in [0.5, 0.6) is 0 Å². The maximum absolute atomic E-state index is 11.6. The van der Waals surface area contributed by atoms with E-state index in [1.807, 2.05) is 11.8 Å². The van der Waals surface area contributed by atoms with Crippen molar-refractivity contribution < 1.29 is 4.79 Å². The SMILES string of the molecule is CCCNC(=O)CCN[C@H]1CSCCc2ccccc21. The molecule has 1 atom stereocenters. The van der Waals surface area contributed by atoms with Gasteiger partial charge in [-0.2, -0.15) is 11.8 Å². The zero-order valence-electron chi connectivity index (χ0n) is 12.2. The van der Waals surface area contributed by atoms with Gasteiger partial charge in [-0.1, -0.05) is 31.2 Å². The van der Waals surface area contributed by atoms with Gasteiger partial charge in [-0.25, -0.2) is 0 Å². The largest absolute Gasteiger partial charge is 0.356 e. The summed E-state index contributed by atoms with van der Waals surface area (Å²) >= 11 is 1.99. The first-order valence-corrected chi connectivity index (χ1v) is 8.62. The Kier molecular flexibility index (Phi) is 6.40. The lowest BCUT2D eigenvalue weighted by atomic mass is 9.99. The molecule has 0 spiro atoms. The molecule has 1 aromatic carbocycles. The van der Waals surface area contributed by atoms with Crippen molar-refractivity contribution in [3.8, 4) is 0 Å². The Bertz CT molecular complexity index is 436. The van der Waals surface area contributed by atoms with Gasteiger partial charge in [0, 0.05) is 31.3 Å². The molecule has 0 unspecified atom stereocenters. The topological polar surface area (TPSA) is 41.1 Å². The summed E-state index contributed by atoms with van der Waals surface area (Å²) in [7, 11) is 0. The van der Waals surface area contributed by atoms with Crippen molar-refractivity contribution in [3.63, 3.8) is 0 Å². The summed E-state index contributed by atoms with van der Waals surface area (Å²) in [5, 5.41) is 6.46. The molecule has 0 aliphatic carbocycles. The van der Waals surface area contributed by atoms with E-state index < -0.39 is 0 Å². The molecule has 3 nitrogen and oxygen atoms in total. The van der Waals surface area contributed by atoms with Crippen molar-refractivity contribution >= 4 is 17.7 Å². The Morgan fingerprint density at radius 3 is 3.05 bits per heavy atom. The van der Waals surface area contributed by atoms with E-state index in [1.54, 1.807) is 0 Å². The van der Waals surface area contributed by atoms with Gasteiger partial charge in [0.25, 0.3) is 0 Å². The highest BCUT2D eigenvalue weighted by atomic mass is 32.2. The Balaban J connectivity index is 1.85. The Hall–Kier alpha value is -1.00. The predicted molar refractivity (Wildman–Crippen MR) is 86.1 cm³/mol. The number of nitrogens with one attached hydrogen (secondary N) is 2. The van der Waals surface area contributed by atoms with E-state index in [0.29, 0.717) is 12.5 Å². The Morgan fingerprint density at radius 2 is 2.20 bits per heavy atom. The Labute approximate surface area is 125 Å². The highest BCUT2D eigenvalue weighted by Crippen LogP contribution is 2.27. The van der Waals surface area contributed by atoms with Gasteiger partial charge in [0.15, 0.2) is 0 Å². The van der Waals surface area contributed by atoms with Crippen molar-refractivity contribution in [1.82, 2.24) is 10.6 Å². The number of thioether (sulfide) groups is 1. The fraction of sp³-hybridized carbons (Fsp3) is 0.562. The normalized spacial score (nSPS) is 18.1. The molecule has 1 heterocycles. The van der Waals surface area contributed by atoms with Crippen LogP contribution in [0, 0.1) is 0 Å². The second kappa shape index (κ2) is 8.32. The molecule has 110 valence electrons. The number of fused-ring (bicyclic) bond motifs is 1. The number of aryl methyl sites for hydroxylation is 1. The van der Waals surface area contributed by atoms with E-state index in [0.717, 1.165) is 31.7 Å². The van der Waals surface area contributed by atoms with Gasteiger partial charge in [0.05, 0.1) is 0 Å².